The maximum absolute atomic E-state index is 12.6. The van der Waals surface area contributed by atoms with Crippen molar-refractivity contribution in [3.05, 3.63) is 53.6 Å². The fourth-order valence-electron chi connectivity index (χ4n) is 2.85. The first-order chi connectivity index (χ1) is 10.1. The van der Waals surface area contributed by atoms with Crippen LogP contribution in [0.2, 0.25) is 0 Å². The zero-order chi connectivity index (χ0) is 14.8. The number of hydrogen-bond acceptors (Lipinski definition) is 3. The van der Waals surface area contributed by atoms with E-state index in [-0.39, 0.29) is 18.1 Å². The minimum Gasteiger partial charge on any atom is -0.508 e. The molecule has 0 saturated heterocycles. The Hall–Kier alpha value is -2.49. The summed E-state index contributed by atoms with van der Waals surface area (Å²) in [6.45, 7) is 0.716. The van der Waals surface area contributed by atoms with Crippen molar-refractivity contribution >= 4 is 17.3 Å². The number of rotatable bonds is 2. The molecule has 0 aliphatic carbocycles. The molecule has 0 bridgehead atoms. The number of phenolic OH excluding ortho intramolecular Hbond substituents is 1. The molecule has 0 aromatic heterocycles. The number of nitrogens with zero attached hydrogens (tertiary/aromatic N) is 1. The monoisotopic (exact) mass is 282 g/mol. The van der Waals surface area contributed by atoms with Crippen molar-refractivity contribution in [3.63, 3.8) is 0 Å². The maximum Gasteiger partial charge on any atom is 0.231 e. The molecule has 4 nitrogen and oxygen atoms in total. The number of benzene rings is 2. The number of nitrogen functional groups attached to an aromatic ring is 1. The van der Waals surface area contributed by atoms with Crippen LogP contribution in [-0.2, 0) is 17.6 Å². The van der Waals surface area contributed by atoms with Gasteiger partial charge in [-0.05, 0) is 48.2 Å². The van der Waals surface area contributed by atoms with E-state index in [1.165, 1.54) is 0 Å². The van der Waals surface area contributed by atoms with Crippen LogP contribution in [0.1, 0.15) is 17.5 Å². The Morgan fingerprint density at radius 2 is 2.05 bits per heavy atom. The number of phenols is 1. The second-order valence-electron chi connectivity index (χ2n) is 5.34. The van der Waals surface area contributed by atoms with Crippen LogP contribution < -0.4 is 10.6 Å². The summed E-state index contributed by atoms with van der Waals surface area (Å²) in [5.41, 5.74) is 9.56. The fourth-order valence-corrected chi connectivity index (χ4v) is 2.85. The quantitative estimate of drug-likeness (QED) is 0.832. The Labute approximate surface area is 123 Å². The Bertz CT molecular complexity index is 682. The van der Waals surface area contributed by atoms with E-state index in [4.69, 9.17) is 5.73 Å². The summed E-state index contributed by atoms with van der Waals surface area (Å²) in [7, 11) is 0. The molecule has 1 aliphatic rings. The van der Waals surface area contributed by atoms with Gasteiger partial charge in [0, 0.05) is 17.9 Å². The van der Waals surface area contributed by atoms with Crippen LogP contribution >= 0.6 is 0 Å². The predicted molar refractivity (Wildman–Crippen MR) is 83.3 cm³/mol. The van der Waals surface area contributed by atoms with Crippen molar-refractivity contribution < 1.29 is 9.90 Å². The highest BCUT2D eigenvalue weighted by atomic mass is 16.3. The first kappa shape index (κ1) is 13.5. The molecule has 0 atom stereocenters. The predicted octanol–water partition coefficient (Wildman–Crippen LogP) is 2.50. The molecule has 2 aromatic carbocycles. The average Bonchev–Trinajstić information content (AvgIpc) is 2.47. The van der Waals surface area contributed by atoms with E-state index in [0.717, 1.165) is 35.3 Å². The molecule has 1 amide bonds. The molecule has 108 valence electrons. The number of anilines is 2. The van der Waals surface area contributed by atoms with Gasteiger partial charge in [0.05, 0.1) is 6.42 Å². The van der Waals surface area contributed by atoms with Crippen molar-refractivity contribution in [2.45, 2.75) is 19.3 Å². The Morgan fingerprint density at radius 1 is 1.24 bits per heavy atom. The van der Waals surface area contributed by atoms with Gasteiger partial charge in [-0.3, -0.25) is 4.79 Å². The van der Waals surface area contributed by atoms with Crippen LogP contribution in [0.25, 0.3) is 0 Å². The van der Waals surface area contributed by atoms with E-state index in [1.807, 2.05) is 24.3 Å². The van der Waals surface area contributed by atoms with Crippen LogP contribution in [0.4, 0.5) is 11.4 Å². The molecular weight excluding hydrogens is 264 g/mol. The van der Waals surface area contributed by atoms with E-state index in [0.29, 0.717) is 6.54 Å². The Balaban J connectivity index is 1.85. The van der Waals surface area contributed by atoms with Crippen LogP contribution in [0.5, 0.6) is 5.75 Å². The average molecular weight is 282 g/mol. The summed E-state index contributed by atoms with van der Waals surface area (Å²) in [6.07, 6.45) is 2.12. The first-order valence-electron chi connectivity index (χ1n) is 7.11. The number of fused-ring (bicyclic) bond motifs is 1. The van der Waals surface area contributed by atoms with Gasteiger partial charge in [-0.2, -0.15) is 0 Å². The molecule has 3 rings (SSSR count). The largest absolute Gasteiger partial charge is 0.508 e. The Kier molecular flexibility index (Phi) is 3.52. The minimum atomic E-state index is 0.0344. The topological polar surface area (TPSA) is 66.6 Å². The molecule has 0 spiro atoms. The van der Waals surface area contributed by atoms with E-state index in [1.54, 1.807) is 23.1 Å². The second-order valence-corrected chi connectivity index (χ2v) is 5.34. The summed E-state index contributed by atoms with van der Waals surface area (Å²) in [5.74, 6) is 0.218. The molecule has 2 aromatic rings. The van der Waals surface area contributed by atoms with E-state index in [2.05, 4.69) is 0 Å². The third-order valence-corrected chi connectivity index (χ3v) is 3.85. The minimum absolute atomic E-state index is 0.0344. The lowest BCUT2D eigenvalue weighted by atomic mass is 9.99. The molecule has 4 heteroatoms. The molecular formula is C17H18N2O2. The number of nitrogens with two attached hydrogens (primary N) is 1. The number of aromatic hydroxyl groups is 1. The Morgan fingerprint density at radius 3 is 2.86 bits per heavy atom. The zero-order valence-electron chi connectivity index (χ0n) is 11.7. The normalized spacial score (nSPS) is 13.8. The van der Waals surface area contributed by atoms with E-state index in [9.17, 15) is 9.90 Å². The van der Waals surface area contributed by atoms with Gasteiger partial charge in [0.2, 0.25) is 5.91 Å². The maximum atomic E-state index is 12.6. The van der Waals surface area contributed by atoms with Crippen LogP contribution in [0.3, 0.4) is 0 Å². The van der Waals surface area contributed by atoms with Gasteiger partial charge in [-0.15, -0.1) is 0 Å². The summed E-state index contributed by atoms with van der Waals surface area (Å²) in [5, 5.41) is 9.49. The molecule has 0 saturated carbocycles. The van der Waals surface area contributed by atoms with Gasteiger partial charge in [0.15, 0.2) is 0 Å². The number of carbonyl (C=O) groups is 1. The van der Waals surface area contributed by atoms with Gasteiger partial charge >= 0.3 is 0 Å². The lowest BCUT2D eigenvalue weighted by molar-refractivity contribution is -0.118. The third-order valence-electron chi connectivity index (χ3n) is 3.85. The van der Waals surface area contributed by atoms with Gasteiger partial charge in [0.25, 0.3) is 0 Å². The highest BCUT2D eigenvalue weighted by Gasteiger charge is 2.23. The highest BCUT2D eigenvalue weighted by Crippen LogP contribution is 2.31. The van der Waals surface area contributed by atoms with Crippen LogP contribution in [0, 0.1) is 0 Å². The molecule has 3 N–H and O–H groups in total. The lowest BCUT2D eigenvalue weighted by Crippen LogP contribution is -2.36. The van der Waals surface area contributed by atoms with Crippen LogP contribution in [0.15, 0.2) is 42.5 Å². The van der Waals surface area contributed by atoms with E-state index >= 15 is 0 Å². The van der Waals surface area contributed by atoms with Crippen molar-refractivity contribution in [2.75, 3.05) is 17.2 Å². The van der Waals surface area contributed by atoms with Crippen molar-refractivity contribution in [1.82, 2.24) is 0 Å². The molecule has 21 heavy (non-hydrogen) atoms. The molecule has 1 aliphatic heterocycles. The van der Waals surface area contributed by atoms with E-state index < -0.39 is 0 Å². The number of carbonyl (C=O) groups excluding carboxylic acids is 1. The first-order valence-corrected chi connectivity index (χ1v) is 7.11. The van der Waals surface area contributed by atoms with Crippen LogP contribution in [-0.4, -0.2) is 17.6 Å². The zero-order valence-corrected chi connectivity index (χ0v) is 11.7. The van der Waals surface area contributed by atoms with Gasteiger partial charge < -0.3 is 15.7 Å². The number of amides is 1. The summed E-state index contributed by atoms with van der Waals surface area (Å²) in [6, 6.07) is 12.5. The van der Waals surface area contributed by atoms with Gasteiger partial charge in [0.1, 0.15) is 5.75 Å². The molecule has 0 fully saturated rings. The number of hydrogen-bond donors (Lipinski definition) is 2. The van der Waals surface area contributed by atoms with Gasteiger partial charge in [-0.25, -0.2) is 0 Å². The van der Waals surface area contributed by atoms with Crippen molar-refractivity contribution in [2.24, 2.45) is 0 Å². The molecule has 0 unspecified atom stereocenters. The summed E-state index contributed by atoms with van der Waals surface area (Å²) >= 11 is 0. The van der Waals surface area contributed by atoms with Crippen molar-refractivity contribution in [1.29, 1.82) is 0 Å². The summed E-state index contributed by atoms with van der Waals surface area (Å²) < 4.78 is 0. The SMILES string of the molecule is Nc1cccc2c1CCCN2C(=O)Cc1cccc(O)c1. The third kappa shape index (κ3) is 2.70. The highest BCUT2D eigenvalue weighted by molar-refractivity contribution is 5.96. The van der Waals surface area contributed by atoms with Crippen molar-refractivity contribution in [3.8, 4) is 5.75 Å². The smallest absolute Gasteiger partial charge is 0.231 e. The molecule has 1 heterocycles. The van der Waals surface area contributed by atoms with Gasteiger partial charge in [-0.1, -0.05) is 18.2 Å². The second kappa shape index (κ2) is 5.48. The fraction of sp³-hybridized carbons (Fsp3) is 0.235. The summed E-state index contributed by atoms with van der Waals surface area (Å²) in [4.78, 5) is 14.4. The molecule has 0 radical (unpaired) electrons. The lowest BCUT2D eigenvalue weighted by Gasteiger charge is -2.30. The standard InChI is InChI=1S/C17H18N2O2/c18-15-7-2-8-16-14(15)6-3-9-19(16)17(21)11-12-4-1-5-13(20)10-12/h1-2,4-5,7-8,10,20H,3,6,9,11,18H2.